The van der Waals surface area contributed by atoms with Crippen LogP contribution in [0.3, 0.4) is 0 Å². The number of aliphatic hydroxyl groups excluding tert-OH is 1. The Balaban J connectivity index is 1.43. The first-order valence-electron chi connectivity index (χ1n) is 11.9. The monoisotopic (exact) mass is 511 g/mol. The molecule has 1 unspecified atom stereocenters. The lowest BCUT2D eigenvalue weighted by Crippen LogP contribution is -2.40. The maximum Gasteiger partial charge on any atom is 0.345 e. The first-order valence-corrected chi connectivity index (χ1v) is 11.9. The second-order valence-corrected chi connectivity index (χ2v) is 9.24. The van der Waals surface area contributed by atoms with E-state index in [9.17, 15) is 18.7 Å². The minimum Gasteiger partial charge on any atom is -0.383 e. The zero-order valence-corrected chi connectivity index (χ0v) is 19.9. The smallest absolute Gasteiger partial charge is 0.345 e. The fourth-order valence-electron chi connectivity index (χ4n) is 4.84. The van der Waals surface area contributed by atoms with E-state index in [0.29, 0.717) is 11.6 Å². The van der Waals surface area contributed by atoms with Crippen molar-refractivity contribution in [2.75, 3.05) is 18.9 Å². The second-order valence-electron chi connectivity index (χ2n) is 9.24. The Bertz CT molecular complexity index is 1400. The summed E-state index contributed by atoms with van der Waals surface area (Å²) in [6.45, 7) is 0.520. The van der Waals surface area contributed by atoms with Crippen LogP contribution >= 0.6 is 0 Å². The molecule has 1 amide bonds. The van der Waals surface area contributed by atoms with Gasteiger partial charge in [0.1, 0.15) is 17.6 Å². The summed E-state index contributed by atoms with van der Waals surface area (Å²) >= 11 is 0. The highest BCUT2D eigenvalue weighted by Gasteiger charge is 2.38. The van der Waals surface area contributed by atoms with E-state index in [0.717, 1.165) is 23.9 Å². The highest BCUT2D eigenvalue weighted by Crippen LogP contribution is 2.37. The quantitative estimate of drug-likeness (QED) is 0.311. The van der Waals surface area contributed by atoms with Gasteiger partial charge < -0.3 is 25.9 Å². The van der Waals surface area contributed by atoms with Crippen LogP contribution in [0, 0.1) is 11.8 Å². The van der Waals surface area contributed by atoms with Crippen molar-refractivity contribution in [3.05, 3.63) is 54.0 Å². The van der Waals surface area contributed by atoms with Crippen LogP contribution in [0.1, 0.15) is 53.0 Å². The van der Waals surface area contributed by atoms with Gasteiger partial charge in [0.05, 0.1) is 30.0 Å². The number of imidazole rings is 1. The molecular formula is C25H27F2N7O3. The Kier molecular flexibility index (Phi) is 6.68. The number of rotatable bonds is 8. The molecule has 2 fully saturated rings. The van der Waals surface area contributed by atoms with Crippen molar-refractivity contribution in [1.29, 1.82) is 0 Å². The van der Waals surface area contributed by atoms with Gasteiger partial charge in [0.2, 0.25) is 0 Å². The highest BCUT2D eigenvalue weighted by atomic mass is 19.3. The summed E-state index contributed by atoms with van der Waals surface area (Å²) in [4.78, 5) is 18.3. The molecular weight excluding hydrogens is 484 g/mol. The van der Waals surface area contributed by atoms with Gasteiger partial charge in [0.25, 0.3) is 5.91 Å². The van der Waals surface area contributed by atoms with Gasteiger partial charge in [0.15, 0.2) is 5.69 Å². The predicted octanol–water partition coefficient (Wildman–Crippen LogP) is 2.01. The van der Waals surface area contributed by atoms with Crippen molar-refractivity contribution in [2.45, 2.75) is 50.2 Å². The van der Waals surface area contributed by atoms with E-state index < -0.39 is 30.8 Å². The van der Waals surface area contributed by atoms with Crippen LogP contribution < -0.4 is 11.5 Å². The predicted molar refractivity (Wildman–Crippen MR) is 131 cm³/mol. The van der Waals surface area contributed by atoms with E-state index in [1.54, 1.807) is 4.90 Å². The first kappa shape index (κ1) is 24.9. The van der Waals surface area contributed by atoms with Gasteiger partial charge in [-0.25, -0.2) is 9.67 Å². The van der Waals surface area contributed by atoms with E-state index in [-0.39, 0.29) is 36.6 Å². The molecule has 3 atom stereocenters. The minimum absolute atomic E-state index is 0.0175. The Hall–Kier alpha value is -3.79. The summed E-state index contributed by atoms with van der Waals surface area (Å²) in [6.07, 6.45) is 4.63. The molecule has 2 aliphatic rings. The van der Waals surface area contributed by atoms with Gasteiger partial charge in [0, 0.05) is 24.2 Å². The zero-order valence-electron chi connectivity index (χ0n) is 19.9. The summed E-state index contributed by atoms with van der Waals surface area (Å²) in [5.74, 6) is 5.13. The molecule has 10 nitrogen and oxygen atoms in total. The van der Waals surface area contributed by atoms with Crippen molar-refractivity contribution >= 4 is 22.8 Å². The Morgan fingerprint density at radius 1 is 1.32 bits per heavy atom. The number of benzene rings is 1. The van der Waals surface area contributed by atoms with Crippen LogP contribution in [0.2, 0.25) is 0 Å². The van der Waals surface area contributed by atoms with E-state index in [4.69, 9.17) is 11.5 Å². The average molecular weight is 512 g/mol. The van der Waals surface area contributed by atoms with Gasteiger partial charge >= 0.3 is 6.61 Å². The number of hydrogen-bond acceptors (Lipinski definition) is 7. The second kappa shape index (κ2) is 9.93. The number of nitrogens with two attached hydrogens (primary N) is 2. The van der Waals surface area contributed by atoms with Crippen LogP contribution in [0.25, 0.3) is 11.0 Å². The Morgan fingerprint density at radius 2 is 2.11 bits per heavy atom. The number of carbonyl (C=O) groups excluding carboxylic acids is 1. The number of halogens is 2. The third-order valence-electron chi connectivity index (χ3n) is 6.78. The number of amides is 1. The van der Waals surface area contributed by atoms with Crippen LogP contribution in [-0.4, -0.2) is 67.3 Å². The molecule has 1 aromatic carbocycles. The van der Waals surface area contributed by atoms with E-state index in [1.807, 2.05) is 24.5 Å². The van der Waals surface area contributed by atoms with E-state index >= 15 is 0 Å². The molecule has 1 saturated heterocycles. The summed E-state index contributed by atoms with van der Waals surface area (Å²) in [6, 6.07) is 5.21. The molecule has 0 radical (unpaired) electrons. The molecule has 1 aliphatic carbocycles. The number of carbonyl (C=O) groups is 1. The van der Waals surface area contributed by atoms with Gasteiger partial charge in [-0.05, 0) is 49.5 Å². The standard InChI is InChI=1S/C25H27F2N7O3/c1-2-21(35)32-11-16(10-17(32)12-37-25(26)27)34-23(28)22(24(29)36)18(31-34)7-3-14-4-8-20-19(9-14)30-13-33(20)15-5-6-15/h2,4,8-9,13,15-17,21,25,35H,1,5-6,10-12,28H2,(H2,29,36)/t16-,17+,21?/m0/s1. The Labute approximate surface area is 211 Å². The van der Waals surface area contributed by atoms with Crippen molar-refractivity contribution < 1.29 is 23.4 Å². The first-order chi connectivity index (χ1) is 17.8. The minimum atomic E-state index is -2.94. The number of ether oxygens (including phenoxy) is 1. The van der Waals surface area contributed by atoms with E-state index in [1.165, 1.54) is 10.8 Å². The lowest BCUT2D eigenvalue weighted by Gasteiger charge is -2.26. The summed E-state index contributed by atoms with van der Waals surface area (Å²) < 4.78 is 33.3. The summed E-state index contributed by atoms with van der Waals surface area (Å²) in [5.41, 5.74) is 14.5. The maximum atomic E-state index is 12.6. The van der Waals surface area contributed by atoms with E-state index in [2.05, 4.69) is 37.8 Å². The lowest BCUT2D eigenvalue weighted by molar-refractivity contribution is -0.144. The molecule has 1 saturated carbocycles. The number of anilines is 1. The molecule has 3 aromatic rings. The van der Waals surface area contributed by atoms with Gasteiger partial charge in [-0.15, -0.1) is 0 Å². The number of nitrogen functional groups attached to an aromatic ring is 1. The van der Waals surface area contributed by atoms with Crippen molar-refractivity contribution in [3.8, 4) is 11.8 Å². The third kappa shape index (κ3) is 4.93. The van der Waals surface area contributed by atoms with Gasteiger partial charge in [-0.2, -0.15) is 13.9 Å². The van der Waals surface area contributed by atoms with Crippen molar-refractivity contribution in [1.82, 2.24) is 24.2 Å². The lowest BCUT2D eigenvalue weighted by atomic mass is 10.1. The van der Waals surface area contributed by atoms with Crippen LogP contribution in [0.4, 0.5) is 14.6 Å². The van der Waals surface area contributed by atoms with Crippen molar-refractivity contribution in [3.63, 3.8) is 0 Å². The van der Waals surface area contributed by atoms with Crippen molar-refractivity contribution in [2.24, 2.45) is 5.73 Å². The maximum absolute atomic E-state index is 12.6. The molecule has 2 aromatic heterocycles. The van der Waals surface area contributed by atoms with Crippen LogP contribution in [-0.2, 0) is 4.74 Å². The highest BCUT2D eigenvalue weighted by molar-refractivity contribution is 5.99. The number of fused-ring (bicyclic) bond motifs is 1. The summed E-state index contributed by atoms with van der Waals surface area (Å²) in [5, 5.41) is 14.7. The zero-order chi connectivity index (χ0) is 26.3. The number of alkyl halides is 2. The van der Waals surface area contributed by atoms with Gasteiger partial charge in [-0.1, -0.05) is 12.5 Å². The number of aliphatic hydroxyl groups is 1. The molecule has 12 heteroatoms. The number of likely N-dealkylation sites (tertiary alicyclic amines) is 1. The molecule has 37 heavy (non-hydrogen) atoms. The molecule has 5 N–H and O–H groups in total. The third-order valence-corrected chi connectivity index (χ3v) is 6.78. The average Bonchev–Trinajstić information content (AvgIpc) is 3.34. The van der Waals surface area contributed by atoms with Gasteiger partial charge in [-0.3, -0.25) is 9.69 Å². The number of aromatic nitrogens is 4. The number of hydrogen-bond donors (Lipinski definition) is 3. The Morgan fingerprint density at radius 3 is 2.78 bits per heavy atom. The SMILES string of the molecule is C=CC(O)N1C[C@@H](n2nc(C#Cc3ccc4c(c3)ncn4C3CC3)c(C(N)=O)c2N)C[C@@H]1COC(F)F. The van der Waals surface area contributed by atoms with Crippen LogP contribution in [0.5, 0.6) is 0 Å². The molecule has 0 spiro atoms. The molecule has 0 bridgehead atoms. The number of primary amides is 1. The molecule has 194 valence electrons. The fourth-order valence-corrected chi connectivity index (χ4v) is 4.84. The normalized spacial score (nSPS) is 20.8. The molecule has 1 aliphatic heterocycles. The number of nitrogens with zero attached hydrogens (tertiary/aromatic N) is 5. The molecule has 3 heterocycles. The van der Waals surface area contributed by atoms with Crippen LogP contribution in [0.15, 0.2) is 37.2 Å². The topological polar surface area (TPSA) is 137 Å². The summed E-state index contributed by atoms with van der Waals surface area (Å²) in [7, 11) is 0. The largest absolute Gasteiger partial charge is 0.383 e. The molecule has 5 rings (SSSR count). The fraction of sp³-hybridized carbons (Fsp3) is 0.400.